The van der Waals surface area contributed by atoms with Crippen molar-refractivity contribution in [2.45, 2.75) is 13.3 Å². The van der Waals surface area contributed by atoms with Gasteiger partial charge in [-0.15, -0.1) is 0 Å². The van der Waals surface area contributed by atoms with Crippen LogP contribution in [0.1, 0.15) is 22.3 Å². The number of rotatable bonds is 5. The van der Waals surface area contributed by atoms with Crippen molar-refractivity contribution in [3.63, 3.8) is 0 Å². The third-order valence-electron chi connectivity index (χ3n) is 3.26. The lowest BCUT2D eigenvalue weighted by Gasteiger charge is -2.23. The summed E-state index contributed by atoms with van der Waals surface area (Å²) in [7, 11) is 0. The number of aromatic hydroxyl groups is 1. The Bertz CT molecular complexity index is 608. The largest absolute Gasteiger partial charge is 0.508 e. The van der Waals surface area contributed by atoms with Crippen LogP contribution >= 0.6 is 0 Å². The van der Waals surface area contributed by atoms with E-state index in [1.54, 1.807) is 17.0 Å². The van der Waals surface area contributed by atoms with Crippen molar-refractivity contribution in [2.75, 3.05) is 18.0 Å². The topological polar surface area (TPSA) is 66.6 Å². The van der Waals surface area contributed by atoms with Crippen molar-refractivity contribution in [1.29, 1.82) is 0 Å². The van der Waals surface area contributed by atoms with Gasteiger partial charge in [-0.3, -0.25) is 4.79 Å². The summed E-state index contributed by atoms with van der Waals surface area (Å²) in [6.45, 7) is 3.10. The van der Waals surface area contributed by atoms with Crippen LogP contribution in [-0.4, -0.2) is 24.1 Å². The Kier molecular flexibility index (Phi) is 4.95. The molecule has 0 aliphatic carbocycles. The molecule has 3 N–H and O–H groups in total. The third-order valence-corrected chi connectivity index (χ3v) is 3.26. The number of anilines is 1. The molecule has 0 spiro atoms. The summed E-state index contributed by atoms with van der Waals surface area (Å²) >= 11 is 0. The number of benzene rings is 2. The first-order chi connectivity index (χ1) is 10.1. The summed E-state index contributed by atoms with van der Waals surface area (Å²) in [5, 5.41) is 9.33. The van der Waals surface area contributed by atoms with Crippen LogP contribution in [-0.2, 0) is 0 Å². The van der Waals surface area contributed by atoms with Gasteiger partial charge in [0.05, 0.1) is 0 Å². The fourth-order valence-electron chi connectivity index (χ4n) is 2.15. The van der Waals surface area contributed by atoms with Crippen LogP contribution in [0.25, 0.3) is 0 Å². The molecule has 0 radical (unpaired) electrons. The maximum atomic E-state index is 12.7. The van der Waals surface area contributed by atoms with E-state index < -0.39 is 0 Å². The fourth-order valence-corrected chi connectivity index (χ4v) is 2.15. The number of phenols is 1. The Morgan fingerprint density at radius 2 is 1.90 bits per heavy atom. The molecule has 2 rings (SSSR count). The molecule has 0 bridgehead atoms. The zero-order valence-corrected chi connectivity index (χ0v) is 12.1. The molecule has 4 nitrogen and oxygen atoms in total. The van der Waals surface area contributed by atoms with Gasteiger partial charge in [-0.05, 0) is 61.9 Å². The fraction of sp³-hybridized carbons (Fsp3) is 0.235. The van der Waals surface area contributed by atoms with Gasteiger partial charge < -0.3 is 15.7 Å². The normalized spacial score (nSPS) is 10.4. The first-order valence-corrected chi connectivity index (χ1v) is 6.99. The Labute approximate surface area is 124 Å². The molecule has 0 saturated carbocycles. The smallest absolute Gasteiger partial charge is 0.258 e. The van der Waals surface area contributed by atoms with Crippen molar-refractivity contribution < 1.29 is 9.90 Å². The molecule has 21 heavy (non-hydrogen) atoms. The molecule has 110 valence electrons. The van der Waals surface area contributed by atoms with E-state index in [-0.39, 0.29) is 11.7 Å². The van der Waals surface area contributed by atoms with Crippen LogP contribution in [0.4, 0.5) is 5.69 Å². The predicted octanol–water partition coefficient (Wildman–Crippen LogP) is 2.70. The number of carbonyl (C=O) groups is 1. The van der Waals surface area contributed by atoms with Crippen LogP contribution < -0.4 is 10.6 Å². The molecule has 0 aliphatic rings. The summed E-state index contributed by atoms with van der Waals surface area (Å²) in [4.78, 5) is 14.4. The minimum Gasteiger partial charge on any atom is -0.508 e. The van der Waals surface area contributed by atoms with Gasteiger partial charge in [0.1, 0.15) is 5.75 Å². The second-order valence-electron chi connectivity index (χ2n) is 4.98. The summed E-state index contributed by atoms with van der Waals surface area (Å²) in [6.07, 6.45) is 0.734. The summed E-state index contributed by atoms with van der Waals surface area (Å²) in [6, 6.07) is 14.1. The van der Waals surface area contributed by atoms with Crippen LogP contribution in [0.5, 0.6) is 5.75 Å². The number of hydrogen-bond acceptors (Lipinski definition) is 3. The van der Waals surface area contributed by atoms with E-state index in [2.05, 4.69) is 0 Å². The average Bonchev–Trinajstić information content (AvgIpc) is 2.48. The van der Waals surface area contributed by atoms with Crippen LogP contribution in [0.15, 0.2) is 48.5 Å². The van der Waals surface area contributed by atoms with E-state index in [9.17, 15) is 9.90 Å². The van der Waals surface area contributed by atoms with Gasteiger partial charge in [-0.25, -0.2) is 0 Å². The van der Waals surface area contributed by atoms with Gasteiger partial charge in [0.15, 0.2) is 0 Å². The van der Waals surface area contributed by atoms with Gasteiger partial charge in [-0.1, -0.05) is 12.1 Å². The van der Waals surface area contributed by atoms with Crippen molar-refractivity contribution in [3.8, 4) is 5.75 Å². The van der Waals surface area contributed by atoms with Gasteiger partial charge in [0.2, 0.25) is 0 Å². The minimum atomic E-state index is -0.0888. The van der Waals surface area contributed by atoms with Gasteiger partial charge >= 0.3 is 0 Å². The minimum absolute atomic E-state index is 0.0888. The molecule has 0 heterocycles. The highest BCUT2D eigenvalue weighted by Crippen LogP contribution is 2.20. The lowest BCUT2D eigenvalue weighted by Crippen LogP contribution is -2.33. The van der Waals surface area contributed by atoms with E-state index in [0.717, 1.165) is 17.7 Å². The number of phenolic OH excluding ortho intramolecular Hbond substituents is 1. The van der Waals surface area contributed by atoms with E-state index in [4.69, 9.17) is 5.73 Å². The third kappa shape index (κ3) is 3.83. The average molecular weight is 284 g/mol. The molecule has 0 aliphatic heterocycles. The van der Waals surface area contributed by atoms with Gasteiger partial charge in [-0.2, -0.15) is 0 Å². The summed E-state index contributed by atoms with van der Waals surface area (Å²) < 4.78 is 0. The number of hydrogen-bond donors (Lipinski definition) is 2. The lowest BCUT2D eigenvalue weighted by atomic mass is 10.1. The maximum absolute atomic E-state index is 12.7. The molecule has 4 heteroatoms. The molecule has 0 unspecified atom stereocenters. The monoisotopic (exact) mass is 284 g/mol. The summed E-state index contributed by atoms with van der Waals surface area (Å²) in [5.41, 5.74) is 8.08. The number of amides is 1. The Morgan fingerprint density at radius 3 is 2.52 bits per heavy atom. The number of nitrogens with two attached hydrogens (primary N) is 1. The Balaban J connectivity index is 2.31. The van der Waals surface area contributed by atoms with E-state index in [0.29, 0.717) is 18.7 Å². The number of carbonyl (C=O) groups excluding carboxylic acids is 1. The van der Waals surface area contributed by atoms with E-state index >= 15 is 0 Å². The lowest BCUT2D eigenvalue weighted by molar-refractivity contribution is 0.0987. The van der Waals surface area contributed by atoms with Crippen LogP contribution in [0.3, 0.4) is 0 Å². The first-order valence-electron chi connectivity index (χ1n) is 6.99. The van der Waals surface area contributed by atoms with Crippen LogP contribution in [0, 0.1) is 6.92 Å². The van der Waals surface area contributed by atoms with Crippen molar-refractivity contribution >= 4 is 11.6 Å². The highest BCUT2D eigenvalue weighted by atomic mass is 16.3. The zero-order chi connectivity index (χ0) is 15.2. The predicted molar refractivity (Wildman–Crippen MR) is 84.6 cm³/mol. The van der Waals surface area contributed by atoms with E-state index in [1.807, 2.05) is 31.2 Å². The zero-order valence-electron chi connectivity index (χ0n) is 12.1. The summed E-state index contributed by atoms with van der Waals surface area (Å²) in [5.74, 6) is 0.0599. The van der Waals surface area contributed by atoms with E-state index in [1.165, 1.54) is 12.1 Å². The SMILES string of the molecule is Cc1cccc(N(CCCN)C(=O)c2ccc(O)cc2)c1. The molecule has 0 fully saturated rings. The maximum Gasteiger partial charge on any atom is 0.258 e. The Morgan fingerprint density at radius 1 is 1.19 bits per heavy atom. The van der Waals surface area contributed by atoms with Gasteiger partial charge in [0, 0.05) is 17.8 Å². The Hall–Kier alpha value is -2.33. The molecular formula is C17H20N2O2. The molecule has 0 atom stereocenters. The number of nitrogens with zero attached hydrogens (tertiary/aromatic N) is 1. The second-order valence-corrected chi connectivity index (χ2v) is 4.98. The van der Waals surface area contributed by atoms with Crippen molar-refractivity contribution in [1.82, 2.24) is 0 Å². The van der Waals surface area contributed by atoms with Crippen molar-refractivity contribution in [2.24, 2.45) is 5.73 Å². The number of aryl methyl sites for hydroxylation is 1. The quantitative estimate of drug-likeness (QED) is 0.887. The highest BCUT2D eigenvalue weighted by Gasteiger charge is 2.17. The van der Waals surface area contributed by atoms with Crippen molar-refractivity contribution in [3.05, 3.63) is 59.7 Å². The standard InChI is InChI=1S/C17H20N2O2/c1-13-4-2-5-15(12-13)19(11-3-10-18)17(21)14-6-8-16(20)9-7-14/h2,4-9,12,20H,3,10-11,18H2,1H3. The molecule has 0 aromatic heterocycles. The van der Waals surface area contributed by atoms with Gasteiger partial charge in [0.25, 0.3) is 5.91 Å². The molecule has 1 amide bonds. The second kappa shape index (κ2) is 6.90. The first kappa shape index (κ1) is 15.1. The molecule has 0 saturated heterocycles. The molecular weight excluding hydrogens is 264 g/mol. The van der Waals surface area contributed by atoms with Crippen LogP contribution in [0.2, 0.25) is 0 Å². The highest BCUT2D eigenvalue weighted by molar-refractivity contribution is 6.06. The molecule has 2 aromatic carbocycles. The molecule has 2 aromatic rings.